The monoisotopic (exact) mass is 544 g/mol. The summed E-state index contributed by atoms with van der Waals surface area (Å²) in [6.07, 6.45) is 1.71. The van der Waals surface area contributed by atoms with Gasteiger partial charge in [-0.25, -0.2) is 0 Å². The summed E-state index contributed by atoms with van der Waals surface area (Å²) in [6.45, 7) is 4.99. The second-order valence-electron chi connectivity index (χ2n) is 7.18. The molecule has 158 valence electrons. The first-order valence-electron chi connectivity index (χ1n) is 9.92. The fraction of sp³-hybridized carbons (Fsp3) is 0.261. The van der Waals surface area contributed by atoms with Crippen molar-refractivity contribution in [2.75, 3.05) is 31.2 Å². The van der Waals surface area contributed by atoms with Crippen molar-refractivity contribution in [3.8, 4) is 17.2 Å². The van der Waals surface area contributed by atoms with Crippen molar-refractivity contribution in [3.63, 3.8) is 0 Å². The zero-order valence-corrected chi connectivity index (χ0v) is 20.0. The molecular weight excluding hydrogens is 523 g/mol. The minimum atomic E-state index is -0.196. The van der Waals surface area contributed by atoms with Gasteiger partial charge in [0, 0.05) is 28.4 Å². The molecule has 8 heteroatoms. The highest BCUT2D eigenvalue weighted by Gasteiger charge is 2.28. The average Bonchev–Trinajstić information content (AvgIpc) is 3.18. The number of carbonyl (C=O) groups excluding carboxylic acids is 1. The molecule has 1 N–H and O–H groups in total. The van der Waals surface area contributed by atoms with E-state index in [0.29, 0.717) is 48.9 Å². The molecule has 31 heavy (non-hydrogen) atoms. The molecule has 3 heterocycles. The molecule has 0 spiro atoms. The van der Waals surface area contributed by atoms with E-state index in [2.05, 4.69) is 49.9 Å². The van der Waals surface area contributed by atoms with Gasteiger partial charge in [-0.2, -0.15) is 5.26 Å². The fourth-order valence-corrected chi connectivity index (χ4v) is 5.68. The first kappa shape index (κ1) is 21.7. The second kappa shape index (κ2) is 9.77. The number of nitrogens with zero attached hydrogens (tertiary/aromatic N) is 3. The van der Waals surface area contributed by atoms with E-state index < -0.39 is 0 Å². The van der Waals surface area contributed by atoms with E-state index in [1.807, 2.05) is 37.3 Å². The molecule has 4 rings (SSSR count). The Labute approximate surface area is 199 Å². The van der Waals surface area contributed by atoms with E-state index >= 15 is 0 Å². The Morgan fingerprint density at radius 3 is 2.81 bits per heavy atom. The van der Waals surface area contributed by atoms with Crippen LogP contribution in [0.25, 0.3) is 11.1 Å². The summed E-state index contributed by atoms with van der Waals surface area (Å²) < 4.78 is 6.49. The van der Waals surface area contributed by atoms with Crippen molar-refractivity contribution in [1.29, 1.82) is 5.26 Å². The molecule has 1 aliphatic rings. The number of carbonyl (C=O) groups is 1. The highest BCUT2D eigenvalue weighted by atomic mass is 127. The number of pyridine rings is 1. The second-order valence-corrected chi connectivity index (χ2v) is 9.35. The SMILES string of the molecule is Cc1ccc(-c2c(C(=O)NCc3ccccn3)sc(N3CCOCC3)c2C#N)c(I)c1. The van der Waals surface area contributed by atoms with E-state index in [0.717, 1.165) is 25.4 Å². The van der Waals surface area contributed by atoms with Crippen LogP contribution in [0.15, 0.2) is 42.6 Å². The maximum Gasteiger partial charge on any atom is 0.262 e. The molecule has 0 atom stereocenters. The molecule has 1 fully saturated rings. The molecule has 1 aliphatic heterocycles. The summed E-state index contributed by atoms with van der Waals surface area (Å²) >= 11 is 3.66. The molecule has 0 saturated carbocycles. The summed E-state index contributed by atoms with van der Waals surface area (Å²) in [5.74, 6) is -0.196. The minimum Gasteiger partial charge on any atom is -0.378 e. The highest BCUT2D eigenvalue weighted by molar-refractivity contribution is 14.1. The van der Waals surface area contributed by atoms with Crippen molar-refractivity contribution >= 4 is 44.8 Å². The average molecular weight is 544 g/mol. The first-order valence-corrected chi connectivity index (χ1v) is 11.8. The first-order chi connectivity index (χ1) is 15.1. The molecular formula is C23H21IN4O2S. The molecule has 6 nitrogen and oxygen atoms in total. The van der Waals surface area contributed by atoms with Crippen molar-refractivity contribution < 1.29 is 9.53 Å². The Bertz CT molecular complexity index is 1130. The Balaban J connectivity index is 1.77. The van der Waals surface area contributed by atoms with Gasteiger partial charge in [0.15, 0.2) is 0 Å². The Kier molecular flexibility index (Phi) is 6.85. The minimum absolute atomic E-state index is 0.196. The maximum atomic E-state index is 13.3. The summed E-state index contributed by atoms with van der Waals surface area (Å²) in [4.78, 5) is 20.2. The molecule has 2 aromatic heterocycles. The van der Waals surface area contributed by atoms with Crippen LogP contribution in [-0.4, -0.2) is 37.2 Å². The number of morpholine rings is 1. The molecule has 1 saturated heterocycles. The smallest absolute Gasteiger partial charge is 0.262 e. The topological polar surface area (TPSA) is 78.2 Å². The highest BCUT2D eigenvalue weighted by Crippen LogP contribution is 2.43. The number of ether oxygens (including phenoxy) is 1. The summed E-state index contributed by atoms with van der Waals surface area (Å²) in [7, 11) is 0. The lowest BCUT2D eigenvalue weighted by Crippen LogP contribution is -2.36. The number of halogens is 1. The van der Waals surface area contributed by atoms with E-state index in [1.165, 1.54) is 11.3 Å². The van der Waals surface area contributed by atoms with Gasteiger partial charge in [0.1, 0.15) is 15.9 Å². The summed E-state index contributed by atoms with van der Waals surface area (Å²) in [6, 6.07) is 14.1. The van der Waals surface area contributed by atoms with Crippen molar-refractivity contribution in [2.45, 2.75) is 13.5 Å². The van der Waals surface area contributed by atoms with Crippen LogP contribution >= 0.6 is 33.9 Å². The van der Waals surface area contributed by atoms with Crippen LogP contribution in [-0.2, 0) is 11.3 Å². The van der Waals surface area contributed by atoms with Crippen LogP contribution in [0.5, 0.6) is 0 Å². The lowest BCUT2D eigenvalue weighted by Gasteiger charge is -2.27. The number of nitrogens with one attached hydrogen (secondary N) is 1. The number of benzene rings is 1. The number of rotatable bonds is 5. The molecule has 0 bridgehead atoms. The summed E-state index contributed by atoms with van der Waals surface area (Å²) in [5, 5.41) is 13.9. The van der Waals surface area contributed by atoms with E-state index in [-0.39, 0.29) is 5.91 Å². The van der Waals surface area contributed by atoms with Crippen LogP contribution in [0.1, 0.15) is 26.5 Å². The quantitative estimate of drug-likeness (QED) is 0.483. The fourth-order valence-electron chi connectivity index (χ4n) is 3.51. The van der Waals surface area contributed by atoms with E-state index in [9.17, 15) is 10.1 Å². The van der Waals surface area contributed by atoms with Crippen molar-refractivity contribution in [2.24, 2.45) is 0 Å². The Hall–Kier alpha value is -2.48. The van der Waals surface area contributed by atoms with Gasteiger partial charge in [-0.1, -0.05) is 23.8 Å². The van der Waals surface area contributed by atoms with Crippen molar-refractivity contribution in [1.82, 2.24) is 10.3 Å². The van der Waals surface area contributed by atoms with E-state index in [4.69, 9.17) is 4.74 Å². The third-order valence-corrected chi connectivity index (χ3v) is 7.20. The number of anilines is 1. The van der Waals surface area contributed by atoms with Gasteiger partial charge in [-0.3, -0.25) is 9.78 Å². The van der Waals surface area contributed by atoms with Crippen LogP contribution in [0.2, 0.25) is 0 Å². The Morgan fingerprint density at radius 2 is 2.13 bits per heavy atom. The number of aromatic nitrogens is 1. The summed E-state index contributed by atoms with van der Waals surface area (Å²) in [5.41, 5.74) is 4.08. The molecule has 3 aromatic rings. The molecule has 0 aliphatic carbocycles. The molecule has 1 aromatic carbocycles. The number of hydrogen-bond acceptors (Lipinski definition) is 6. The van der Waals surface area contributed by atoms with Gasteiger partial charge in [0.2, 0.25) is 0 Å². The number of hydrogen-bond donors (Lipinski definition) is 1. The molecule has 1 amide bonds. The van der Waals surface area contributed by atoms with Gasteiger partial charge in [0.25, 0.3) is 5.91 Å². The van der Waals surface area contributed by atoms with Gasteiger partial charge >= 0.3 is 0 Å². The number of nitriles is 1. The lowest BCUT2D eigenvalue weighted by atomic mass is 10.00. The van der Waals surface area contributed by atoms with Gasteiger partial charge in [-0.15, -0.1) is 11.3 Å². The molecule has 0 radical (unpaired) electrons. The number of aryl methyl sites for hydroxylation is 1. The van der Waals surface area contributed by atoms with Crippen LogP contribution < -0.4 is 10.2 Å². The number of amides is 1. The standard InChI is InChI=1S/C23H21IN4O2S/c1-15-5-6-17(19(24)12-15)20-18(13-25)23(28-8-10-30-11-9-28)31-21(20)22(29)27-14-16-4-2-3-7-26-16/h2-7,12H,8-11,14H2,1H3,(H,27,29). The number of thiophene rings is 1. The van der Waals surface area contributed by atoms with Crippen LogP contribution in [0.4, 0.5) is 5.00 Å². The van der Waals surface area contributed by atoms with Crippen LogP contribution in [0.3, 0.4) is 0 Å². The normalized spacial score (nSPS) is 13.6. The lowest BCUT2D eigenvalue weighted by molar-refractivity contribution is 0.0955. The van der Waals surface area contributed by atoms with Gasteiger partial charge in [0.05, 0.1) is 31.0 Å². The Morgan fingerprint density at radius 1 is 1.32 bits per heavy atom. The zero-order chi connectivity index (χ0) is 21.8. The predicted molar refractivity (Wildman–Crippen MR) is 130 cm³/mol. The van der Waals surface area contributed by atoms with Crippen molar-refractivity contribution in [3.05, 3.63) is 67.9 Å². The van der Waals surface area contributed by atoms with Gasteiger partial charge < -0.3 is 15.0 Å². The third-order valence-electron chi connectivity index (χ3n) is 5.06. The molecule has 0 unspecified atom stereocenters. The predicted octanol–water partition coefficient (Wildman–Crippen LogP) is 4.36. The van der Waals surface area contributed by atoms with Gasteiger partial charge in [-0.05, 0) is 53.3 Å². The van der Waals surface area contributed by atoms with E-state index in [1.54, 1.807) is 6.20 Å². The largest absolute Gasteiger partial charge is 0.378 e. The maximum absolute atomic E-state index is 13.3. The third kappa shape index (κ3) is 4.74. The van der Waals surface area contributed by atoms with Crippen LogP contribution in [0, 0.1) is 21.8 Å². The zero-order valence-electron chi connectivity index (χ0n) is 17.0.